The van der Waals surface area contributed by atoms with Crippen LogP contribution in [0.4, 0.5) is 4.39 Å². The quantitative estimate of drug-likeness (QED) is 0.773. The van der Waals surface area contributed by atoms with E-state index < -0.39 is 11.8 Å². The summed E-state index contributed by atoms with van der Waals surface area (Å²) in [5.74, 6) is -1.67. The first-order valence-electron chi connectivity index (χ1n) is 5.90. The predicted molar refractivity (Wildman–Crippen MR) is 70.1 cm³/mol. The molecule has 19 heavy (non-hydrogen) atoms. The summed E-state index contributed by atoms with van der Waals surface area (Å²) in [6, 6.07) is 4.43. The van der Waals surface area contributed by atoms with Crippen LogP contribution in [-0.4, -0.2) is 23.5 Å². The van der Waals surface area contributed by atoms with Gasteiger partial charge in [-0.15, -0.1) is 0 Å². The Morgan fingerprint density at radius 1 is 1.42 bits per heavy atom. The molecule has 0 aromatic heterocycles. The Morgan fingerprint density at radius 3 is 2.74 bits per heavy atom. The first kappa shape index (κ1) is 14.9. The lowest BCUT2D eigenvalue weighted by Gasteiger charge is -2.01. The summed E-state index contributed by atoms with van der Waals surface area (Å²) in [6.45, 7) is 1.98. The smallest absolute Gasteiger partial charge is 0.307 e. The number of amides is 1. The molecular weight excluding hydrogens is 249 g/mol. The van der Waals surface area contributed by atoms with Gasteiger partial charge in [0.15, 0.2) is 0 Å². The SMILES string of the molecule is CC(=O)NCCC=Cc1ccc(CC(=O)O)c(F)c1. The van der Waals surface area contributed by atoms with Gasteiger partial charge in [0.2, 0.25) is 5.91 Å². The molecule has 4 nitrogen and oxygen atoms in total. The lowest BCUT2D eigenvalue weighted by atomic mass is 10.1. The fraction of sp³-hybridized carbons (Fsp3) is 0.286. The minimum absolute atomic E-state index is 0.0857. The lowest BCUT2D eigenvalue weighted by molar-refractivity contribution is -0.136. The molecule has 0 heterocycles. The number of nitrogens with one attached hydrogen (secondary N) is 1. The average molecular weight is 265 g/mol. The molecule has 102 valence electrons. The topological polar surface area (TPSA) is 66.4 Å². The van der Waals surface area contributed by atoms with Crippen LogP contribution in [0, 0.1) is 5.82 Å². The summed E-state index contributed by atoms with van der Waals surface area (Å²) in [6.07, 6.45) is 3.88. The van der Waals surface area contributed by atoms with Gasteiger partial charge in [-0.1, -0.05) is 24.3 Å². The van der Waals surface area contributed by atoms with Gasteiger partial charge in [0.05, 0.1) is 6.42 Å². The number of carboxylic acid groups (broad SMARTS) is 1. The molecule has 0 saturated carbocycles. The molecule has 0 bridgehead atoms. The van der Waals surface area contributed by atoms with Crippen molar-refractivity contribution in [3.8, 4) is 0 Å². The van der Waals surface area contributed by atoms with Gasteiger partial charge in [-0.25, -0.2) is 4.39 Å². The van der Waals surface area contributed by atoms with Crippen molar-refractivity contribution in [1.82, 2.24) is 5.32 Å². The second kappa shape index (κ2) is 7.31. The highest BCUT2D eigenvalue weighted by Crippen LogP contribution is 2.12. The highest BCUT2D eigenvalue weighted by Gasteiger charge is 2.06. The number of halogens is 1. The Hall–Kier alpha value is -2.17. The van der Waals surface area contributed by atoms with Crippen molar-refractivity contribution in [2.45, 2.75) is 19.8 Å². The van der Waals surface area contributed by atoms with Gasteiger partial charge >= 0.3 is 5.97 Å². The number of hydrogen-bond donors (Lipinski definition) is 2. The Bertz CT molecular complexity index is 497. The maximum absolute atomic E-state index is 13.5. The Labute approximate surface area is 110 Å². The van der Waals surface area contributed by atoms with Crippen LogP contribution in [0.2, 0.25) is 0 Å². The van der Waals surface area contributed by atoms with Crippen molar-refractivity contribution in [1.29, 1.82) is 0 Å². The number of rotatable bonds is 6. The van der Waals surface area contributed by atoms with Crippen molar-refractivity contribution in [3.63, 3.8) is 0 Å². The predicted octanol–water partition coefficient (Wildman–Crippen LogP) is 1.99. The molecule has 0 spiro atoms. The molecule has 1 amide bonds. The number of carbonyl (C=O) groups is 2. The van der Waals surface area contributed by atoms with Crippen LogP contribution < -0.4 is 5.32 Å². The van der Waals surface area contributed by atoms with Crippen LogP contribution in [0.25, 0.3) is 6.08 Å². The fourth-order valence-electron chi connectivity index (χ4n) is 1.52. The van der Waals surface area contributed by atoms with Gasteiger partial charge in [0, 0.05) is 13.5 Å². The van der Waals surface area contributed by atoms with E-state index in [1.165, 1.54) is 19.1 Å². The molecule has 0 unspecified atom stereocenters. The van der Waals surface area contributed by atoms with Crippen molar-refractivity contribution in [2.24, 2.45) is 0 Å². The van der Waals surface area contributed by atoms with Crippen molar-refractivity contribution < 1.29 is 19.1 Å². The van der Waals surface area contributed by atoms with Gasteiger partial charge in [-0.2, -0.15) is 0 Å². The van der Waals surface area contributed by atoms with E-state index in [1.54, 1.807) is 12.1 Å². The van der Waals surface area contributed by atoms with Crippen LogP contribution in [0.15, 0.2) is 24.3 Å². The molecule has 5 heteroatoms. The van der Waals surface area contributed by atoms with Crippen LogP contribution in [0.3, 0.4) is 0 Å². The molecule has 2 N–H and O–H groups in total. The molecule has 1 aromatic rings. The lowest BCUT2D eigenvalue weighted by Crippen LogP contribution is -2.20. The monoisotopic (exact) mass is 265 g/mol. The van der Waals surface area contributed by atoms with Gasteiger partial charge in [0.1, 0.15) is 5.82 Å². The maximum atomic E-state index is 13.5. The second-order valence-corrected chi connectivity index (χ2v) is 4.10. The summed E-state index contributed by atoms with van der Waals surface area (Å²) < 4.78 is 13.5. The molecule has 0 atom stereocenters. The second-order valence-electron chi connectivity index (χ2n) is 4.10. The summed E-state index contributed by atoms with van der Waals surface area (Å²) in [4.78, 5) is 21.1. The number of hydrogen-bond acceptors (Lipinski definition) is 2. The standard InChI is InChI=1S/C14H16FNO3/c1-10(17)16-7-3-2-4-11-5-6-12(9-14(18)19)13(15)8-11/h2,4-6,8H,3,7,9H2,1H3,(H,16,17)(H,18,19). The van der Waals surface area contributed by atoms with Crippen LogP contribution in [-0.2, 0) is 16.0 Å². The molecule has 0 aliphatic carbocycles. The first-order valence-corrected chi connectivity index (χ1v) is 5.90. The van der Waals surface area contributed by atoms with Crippen molar-refractivity contribution in [3.05, 3.63) is 41.2 Å². The highest BCUT2D eigenvalue weighted by molar-refractivity contribution is 5.72. The molecule has 0 aliphatic heterocycles. The Kier molecular flexibility index (Phi) is 5.73. The van der Waals surface area contributed by atoms with Crippen LogP contribution in [0.5, 0.6) is 0 Å². The van der Waals surface area contributed by atoms with E-state index in [0.29, 0.717) is 18.5 Å². The van der Waals surface area contributed by atoms with Gasteiger partial charge in [0.25, 0.3) is 0 Å². The van der Waals surface area contributed by atoms with Crippen LogP contribution >= 0.6 is 0 Å². The molecule has 0 aliphatic rings. The van der Waals surface area contributed by atoms with Gasteiger partial charge in [-0.05, 0) is 23.6 Å². The third-order valence-corrected chi connectivity index (χ3v) is 2.41. The summed E-state index contributed by atoms with van der Waals surface area (Å²) in [5, 5.41) is 11.2. The maximum Gasteiger partial charge on any atom is 0.307 e. The number of aliphatic carboxylic acids is 1. The Balaban J connectivity index is 2.55. The largest absolute Gasteiger partial charge is 0.481 e. The van der Waals surface area contributed by atoms with E-state index >= 15 is 0 Å². The van der Waals surface area contributed by atoms with E-state index in [4.69, 9.17) is 5.11 Å². The summed E-state index contributed by atoms with van der Waals surface area (Å²) in [5.41, 5.74) is 0.831. The minimum Gasteiger partial charge on any atom is -0.481 e. The Morgan fingerprint density at radius 2 is 2.16 bits per heavy atom. The number of carboxylic acids is 1. The third-order valence-electron chi connectivity index (χ3n) is 2.41. The van der Waals surface area contributed by atoms with Crippen molar-refractivity contribution in [2.75, 3.05) is 6.54 Å². The molecular formula is C14H16FNO3. The van der Waals surface area contributed by atoms with E-state index in [9.17, 15) is 14.0 Å². The first-order chi connectivity index (χ1) is 8.99. The highest BCUT2D eigenvalue weighted by atomic mass is 19.1. The van der Waals surface area contributed by atoms with Gasteiger partial charge < -0.3 is 10.4 Å². The minimum atomic E-state index is -1.06. The van der Waals surface area contributed by atoms with Crippen LogP contribution in [0.1, 0.15) is 24.5 Å². The van der Waals surface area contributed by atoms with Crippen molar-refractivity contribution >= 4 is 18.0 Å². The zero-order valence-electron chi connectivity index (χ0n) is 10.6. The number of carbonyl (C=O) groups excluding carboxylic acids is 1. The fourth-order valence-corrected chi connectivity index (χ4v) is 1.52. The van der Waals surface area contributed by atoms with E-state index in [2.05, 4.69) is 5.32 Å². The molecule has 0 saturated heterocycles. The zero-order valence-corrected chi connectivity index (χ0v) is 10.6. The molecule has 1 aromatic carbocycles. The average Bonchev–Trinajstić information content (AvgIpc) is 2.31. The number of benzene rings is 1. The molecule has 0 radical (unpaired) electrons. The van der Waals surface area contributed by atoms with E-state index in [0.717, 1.165) is 0 Å². The van der Waals surface area contributed by atoms with E-state index in [1.807, 2.05) is 6.08 Å². The molecule has 0 fully saturated rings. The summed E-state index contributed by atoms with van der Waals surface area (Å²) in [7, 11) is 0. The normalized spacial score (nSPS) is 10.6. The van der Waals surface area contributed by atoms with Gasteiger partial charge in [-0.3, -0.25) is 9.59 Å². The third kappa shape index (κ3) is 5.81. The zero-order chi connectivity index (χ0) is 14.3. The van der Waals surface area contributed by atoms with E-state index in [-0.39, 0.29) is 17.9 Å². The molecule has 1 rings (SSSR count). The summed E-state index contributed by atoms with van der Waals surface area (Å²) >= 11 is 0.